The standard InChI is InChI=1S/C26H37N3O5/c1-17(2)34-14-8-13-29-24(30)20-15-19-21(32-4)11-12-22(33-5)23(19)28(20)16-26(29,3)25(31)27-18-9-6-7-10-18/h11-12,15,17-18H,6-10,13-14,16H2,1-5H3,(H,27,31)/t26-/m0/s1. The first-order chi connectivity index (χ1) is 16.3. The fourth-order valence-corrected chi connectivity index (χ4v) is 5.26. The van der Waals surface area contributed by atoms with E-state index in [9.17, 15) is 9.59 Å². The van der Waals surface area contributed by atoms with Crippen LogP contribution in [0.25, 0.3) is 10.9 Å². The van der Waals surface area contributed by atoms with Crippen LogP contribution in [0.2, 0.25) is 0 Å². The minimum absolute atomic E-state index is 0.105. The number of carbonyl (C=O) groups is 2. The largest absolute Gasteiger partial charge is 0.496 e. The highest BCUT2D eigenvalue weighted by Crippen LogP contribution is 2.40. The first-order valence-corrected chi connectivity index (χ1v) is 12.3. The van der Waals surface area contributed by atoms with Gasteiger partial charge < -0.3 is 29.0 Å². The number of aromatic nitrogens is 1. The highest BCUT2D eigenvalue weighted by atomic mass is 16.5. The van der Waals surface area contributed by atoms with Crippen LogP contribution < -0.4 is 14.8 Å². The highest BCUT2D eigenvalue weighted by Gasteiger charge is 2.48. The summed E-state index contributed by atoms with van der Waals surface area (Å²) in [6, 6.07) is 5.70. The molecule has 8 heteroatoms. The summed E-state index contributed by atoms with van der Waals surface area (Å²) < 4.78 is 18.8. The van der Waals surface area contributed by atoms with Crippen LogP contribution in [0, 0.1) is 0 Å². The molecule has 8 nitrogen and oxygen atoms in total. The molecule has 1 fully saturated rings. The maximum atomic E-state index is 13.9. The summed E-state index contributed by atoms with van der Waals surface area (Å²) in [7, 11) is 3.22. The number of benzene rings is 1. The van der Waals surface area contributed by atoms with Crippen molar-refractivity contribution in [1.29, 1.82) is 0 Å². The Hall–Kier alpha value is -2.74. The number of nitrogens with zero attached hydrogens (tertiary/aromatic N) is 2. The molecule has 1 aromatic heterocycles. The first kappa shape index (κ1) is 24.4. The van der Waals surface area contributed by atoms with Crippen LogP contribution in [0.1, 0.15) is 63.4 Å². The minimum Gasteiger partial charge on any atom is -0.496 e. The lowest BCUT2D eigenvalue weighted by molar-refractivity contribution is -0.133. The van der Waals surface area contributed by atoms with E-state index in [1.54, 1.807) is 19.1 Å². The number of nitrogens with one attached hydrogen (secondary N) is 1. The Bertz CT molecular complexity index is 1060. The number of rotatable bonds is 9. The van der Waals surface area contributed by atoms with Gasteiger partial charge in [-0.3, -0.25) is 9.59 Å². The molecule has 1 N–H and O–H groups in total. The zero-order valence-corrected chi connectivity index (χ0v) is 21.0. The van der Waals surface area contributed by atoms with Gasteiger partial charge in [0.2, 0.25) is 5.91 Å². The molecule has 2 aliphatic rings. The van der Waals surface area contributed by atoms with E-state index in [-0.39, 0.29) is 24.0 Å². The quantitative estimate of drug-likeness (QED) is 0.564. The molecule has 1 aliphatic carbocycles. The molecule has 0 bridgehead atoms. The van der Waals surface area contributed by atoms with Crippen LogP contribution in [0.5, 0.6) is 11.5 Å². The zero-order valence-electron chi connectivity index (χ0n) is 21.0. The van der Waals surface area contributed by atoms with Crippen molar-refractivity contribution in [1.82, 2.24) is 14.8 Å². The predicted molar refractivity (Wildman–Crippen MR) is 131 cm³/mol. The van der Waals surface area contributed by atoms with Gasteiger partial charge in [-0.05, 0) is 58.2 Å². The van der Waals surface area contributed by atoms with Gasteiger partial charge in [-0.25, -0.2) is 0 Å². The predicted octanol–water partition coefficient (Wildman–Crippen LogP) is 3.75. The number of amides is 2. The third kappa shape index (κ3) is 4.35. The normalized spacial score (nSPS) is 20.8. The second kappa shape index (κ2) is 9.86. The lowest BCUT2D eigenvalue weighted by Crippen LogP contribution is -2.65. The summed E-state index contributed by atoms with van der Waals surface area (Å²) in [5, 5.41) is 4.04. The van der Waals surface area contributed by atoms with Crippen molar-refractivity contribution < 1.29 is 23.8 Å². The molecule has 0 unspecified atom stereocenters. The number of hydrogen-bond acceptors (Lipinski definition) is 5. The fourth-order valence-electron chi connectivity index (χ4n) is 5.26. The van der Waals surface area contributed by atoms with Gasteiger partial charge in [0, 0.05) is 24.6 Å². The molecule has 2 heterocycles. The molecule has 2 amide bonds. The summed E-state index contributed by atoms with van der Waals surface area (Å²) >= 11 is 0. The Balaban J connectivity index is 1.75. The SMILES string of the molecule is COc1ccc(OC)c2c1cc1n2C[C@@](C)(C(=O)NC2CCCC2)N(CCCOC(C)C)C1=O. The lowest BCUT2D eigenvalue weighted by atomic mass is 9.93. The average Bonchev–Trinajstić information content (AvgIpc) is 3.45. The van der Waals surface area contributed by atoms with Gasteiger partial charge in [0.1, 0.15) is 22.7 Å². The van der Waals surface area contributed by atoms with Crippen molar-refractivity contribution in [2.24, 2.45) is 0 Å². The van der Waals surface area contributed by atoms with Gasteiger partial charge >= 0.3 is 0 Å². The second-order valence-electron chi connectivity index (χ2n) is 9.81. The Morgan fingerprint density at radius 2 is 1.85 bits per heavy atom. The van der Waals surface area contributed by atoms with Gasteiger partial charge in [-0.15, -0.1) is 0 Å². The Labute approximate surface area is 201 Å². The molecule has 1 aliphatic heterocycles. The number of ether oxygens (including phenoxy) is 3. The minimum atomic E-state index is -1.04. The summed E-state index contributed by atoms with van der Waals surface area (Å²) in [4.78, 5) is 29.3. The van der Waals surface area contributed by atoms with Gasteiger partial charge in [-0.2, -0.15) is 0 Å². The van der Waals surface area contributed by atoms with Crippen LogP contribution in [-0.4, -0.2) is 66.3 Å². The maximum absolute atomic E-state index is 13.9. The second-order valence-corrected chi connectivity index (χ2v) is 9.81. The molecule has 2 aromatic rings. The molecule has 186 valence electrons. The van der Waals surface area contributed by atoms with E-state index in [1.165, 1.54) is 0 Å². The maximum Gasteiger partial charge on any atom is 0.271 e. The van der Waals surface area contributed by atoms with E-state index in [4.69, 9.17) is 14.2 Å². The van der Waals surface area contributed by atoms with E-state index in [0.717, 1.165) is 36.6 Å². The fraction of sp³-hybridized carbons (Fsp3) is 0.615. The zero-order chi connectivity index (χ0) is 24.5. The molecule has 1 atom stereocenters. The lowest BCUT2D eigenvalue weighted by Gasteiger charge is -2.44. The Kier molecular flexibility index (Phi) is 7.07. The monoisotopic (exact) mass is 471 g/mol. The smallest absolute Gasteiger partial charge is 0.271 e. The van der Waals surface area contributed by atoms with E-state index >= 15 is 0 Å². The van der Waals surface area contributed by atoms with Gasteiger partial charge in [0.15, 0.2) is 0 Å². The Morgan fingerprint density at radius 1 is 1.18 bits per heavy atom. The van der Waals surface area contributed by atoms with Crippen molar-refractivity contribution in [2.75, 3.05) is 27.4 Å². The topological polar surface area (TPSA) is 82.0 Å². The summed E-state index contributed by atoms with van der Waals surface area (Å²) in [6.07, 6.45) is 5.00. The van der Waals surface area contributed by atoms with E-state index in [1.807, 2.05) is 43.5 Å². The van der Waals surface area contributed by atoms with Crippen molar-refractivity contribution in [3.05, 3.63) is 23.9 Å². The third-order valence-electron chi connectivity index (χ3n) is 7.10. The van der Waals surface area contributed by atoms with Crippen LogP contribution in [0.4, 0.5) is 0 Å². The van der Waals surface area contributed by atoms with Gasteiger partial charge in [0.05, 0.1) is 32.4 Å². The number of hydrogen-bond donors (Lipinski definition) is 1. The highest BCUT2D eigenvalue weighted by molar-refractivity contribution is 6.05. The molecule has 1 saturated carbocycles. The van der Waals surface area contributed by atoms with Crippen molar-refractivity contribution >= 4 is 22.7 Å². The van der Waals surface area contributed by atoms with Crippen LogP contribution in [0.3, 0.4) is 0 Å². The van der Waals surface area contributed by atoms with Crippen LogP contribution in [0.15, 0.2) is 18.2 Å². The molecular weight excluding hydrogens is 434 g/mol. The van der Waals surface area contributed by atoms with E-state index in [0.29, 0.717) is 43.3 Å². The Morgan fingerprint density at radius 3 is 2.50 bits per heavy atom. The van der Waals surface area contributed by atoms with E-state index in [2.05, 4.69) is 5.32 Å². The third-order valence-corrected chi connectivity index (χ3v) is 7.10. The van der Waals surface area contributed by atoms with Gasteiger partial charge in [0.25, 0.3) is 5.91 Å². The molecule has 0 spiro atoms. The summed E-state index contributed by atoms with van der Waals surface area (Å²) in [6.45, 7) is 7.17. The molecule has 34 heavy (non-hydrogen) atoms. The molecule has 0 radical (unpaired) electrons. The van der Waals surface area contributed by atoms with Crippen LogP contribution >= 0.6 is 0 Å². The molecular formula is C26H37N3O5. The van der Waals surface area contributed by atoms with E-state index < -0.39 is 5.54 Å². The van der Waals surface area contributed by atoms with Gasteiger partial charge in [-0.1, -0.05) is 12.8 Å². The number of carbonyl (C=O) groups excluding carboxylic acids is 2. The van der Waals surface area contributed by atoms with Crippen LogP contribution in [-0.2, 0) is 16.1 Å². The molecule has 1 aromatic carbocycles. The molecule has 4 rings (SSSR count). The number of fused-ring (bicyclic) bond motifs is 3. The number of methoxy groups -OCH3 is 2. The summed E-state index contributed by atoms with van der Waals surface area (Å²) in [5.41, 5.74) is 0.270. The molecule has 0 saturated heterocycles. The van der Waals surface area contributed by atoms with Crippen molar-refractivity contribution in [3.63, 3.8) is 0 Å². The average molecular weight is 472 g/mol. The van der Waals surface area contributed by atoms with Crippen molar-refractivity contribution in [3.8, 4) is 11.5 Å². The first-order valence-electron chi connectivity index (χ1n) is 12.3. The van der Waals surface area contributed by atoms with Crippen molar-refractivity contribution in [2.45, 2.75) is 77.1 Å². The summed E-state index contributed by atoms with van der Waals surface area (Å²) in [5.74, 6) is 1.04.